The zero-order valence-electron chi connectivity index (χ0n) is 19.3. The largest absolute Gasteiger partial charge is 0.371 e. The molecule has 1 amide bonds. The highest BCUT2D eigenvalue weighted by atomic mass is 19.1. The zero-order valence-corrected chi connectivity index (χ0v) is 19.3. The monoisotopic (exact) mass is 501 g/mol. The Balaban J connectivity index is 1.28. The van der Waals surface area contributed by atoms with Gasteiger partial charge in [-0.3, -0.25) is 14.5 Å². The van der Waals surface area contributed by atoms with Crippen molar-refractivity contribution in [3.63, 3.8) is 0 Å². The van der Waals surface area contributed by atoms with Gasteiger partial charge in [0.05, 0.1) is 40.9 Å². The minimum absolute atomic E-state index is 0.0647. The molecule has 0 bridgehead atoms. The van der Waals surface area contributed by atoms with E-state index in [1.807, 2.05) is 4.90 Å². The van der Waals surface area contributed by atoms with Crippen LogP contribution in [0.4, 0.5) is 18.9 Å². The second-order valence-corrected chi connectivity index (χ2v) is 8.80. The number of hydrogen-bond acceptors (Lipinski definition) is 6. The maximum Gasteiger partial charge on any atom is 0.277 e. The van der Waals surface area contributed by atoms with Crippen LogP contribution < -0.4 is 15.8 Å². The van der Waals surface area contributed by atoms with Crippen molar-refractivity contribution in [1.29, 1.82) is 0 Å². The van der Waals surface area contributed by atoms with E-state index in [1.54, 1.807) is 17.0 Å². The van der Waals surface area contributed by atoms with Gasteiger partial charge in [-0.15, -0.1) is 0 Å². The molecular weight excluding hydrogens is 484 g/mol. The molecule has 4 heterocycles. The van der Waals surface area contributed by atoms with Crippen LogP contribution in [0.1, 0.15) is 16.1 Å². The molecule has 0 spiro atoms. The van der Waals surface area contributed by atoms with Crippen LogP contribution in [0, 0.1) is 17.6 Å². The van der Waals surface area contributed by atoms with Crippen molar-refractivity contribution in [2.24, 2.45) is 0 Å². The van der Waals surface area contributed by atoms with Crippen molar-refractivity contribution in [1.82, 2.24) is 29.8 Å². The van der Waals surface area contributed by atoms with E-state index >= 15 is 4.39 Å². The van der Waals surface area contributed by atoms with Crippen LogP contribution in [-0.4, -0.2) is 85.3 Å². The average Bonchev–Trinajstić information content (AvgIpc) is 3.23. The van der Waals surface area contributed by atoms with Gasteiger partial charge >= 0.3 is 0 Å². The molecule has 0 atom stereocenters. The number of aromatic amines is 1. The molecule has 5 rings (SSSR count). The third-order valence-electron chi connectivity index (χ3n) is 6.10. The summed E-state index contributed by atoms with van der Waals surface area (Å²) in [4.78, 5) is 34.1. The molecular formula is C22H17B3F3N7O2. The smallest absolute Gasteiger partial charge is 0.277 e. The molecule has 9 nitrogen and oxygen atoms in total. The summed E-state index contributed by atoms with van der Waals surface area (Å²) in [6.45, 7) is 2.04. The van der Waals surface area contributed by atoms with E-state index in [0.717, 1.165) is 10.7 Å². The summed E-state index contributed by atoms with van der Waals surface area (Å²) in [6, 6.07) is 5.89. The molecule has 4 aromatic rings. The number of nitrogens with zero attached hydrogens (tertiary/aromatic N) is 5. The molecule has 15 heteroatoms. The van der Waals surface area contributed by atoms with Crippen molar-refractivity contribution in [3.8, 4) is 0 Å². The van der Waals surface area contributed by atoms with E-state index in [1.165, 1.54) is 12.1 Å². The topological polar surface area (TPSA) is 98.6 Å². The molecule has 37 heavy (non-hydrogen) atoms. The predicted octanol–water partition coefficient (Wildman–Crippen LogP) is 0.157. The molecule has 182 valence electrons. The lowest BCUT2D eigenvalue weighted by molar-refractivity contribution is 0.0946. The number of carbonyl (C=O) groups excluding carboxylic acids is 1. The summed E-state index contributed by atoms with van der Waals surface area (Å²) < 4.78 is 44.9. The van der Waals surface area contributed by atoms with Crippen LogP contribution in [0.5, 0.6) is 0 Å². The number of anilines is 1. The lowest BCUT2D eigenvalue weighted by atomic mass is 9.49. The number of nitrogens with one attached hydrogen (secondary N) is 2. The number of piperazine rings is 1. The van der Waals surface area contributed by atoms with Crippen molar-refractivity contribution in [2.75, 3.05) is 31.1 Å². The van der Waals surface area contributed by atoms with Gasteiger partial charge in [-0.25, -0.2) is 18.3 Å². The van der Waals surface area contributed by atoms with Crippen molar-refractivity contribution in [3.05, 3.63) is 69.7 Å². The SMILES string of the molecule is [B]C([B])([B])NC(=O)c1ccc(N2CCN(Cc3ccc4c([nH]c(=O)c5c(F)cnn54)c3F)CC2)c(F)n1. The second kappa shape index (κ2) is 9.29. The Hall–Kier alpha value is -3.74. The molecule has 1 fully saturated rings. The number of rotatable bonds is 5. The number of carbonyl (C=O) groups is 1. The number of benzene rings is 1. The summed E-state index contributed by atoms with van der Waals surface area (Å²) in [5, 5.41) is 3.96. The molecule has 2 N–H and O–H groups in total. The van der Waals surface area contributed by atoms with Gasteiger partial charge in [0, 0.05) is 38.3 Å². The molecule has 1 aliphatic heterocycles. The van der Waals surface area contributed by atoms with Crippen LogP contribution in [0.25, 0.3) is 16.6 Å². The fourth-order valence-corrected chi connectivity index (χ4v) is 4.35. The standard InChI is InChI=1S/C22H17B3F3N7O2/c23-22(24,25)32-20(36)13-2-4-15(19(28)30-13)34-7-5-33(6-8-34)10-11-1-3-14-17(16(11)27)31-21(37)18-12(26)9-29-35(14)18/h1-4,9H,5-8,10H2,(H,31,37)(H,32,36). The van der Waals surface area contributed by atoms with Crippen LogP contribution in [0.3, 0.4) is 0 Å². The van der Waals surface area contributed by atoms with Crippen molar-refractivity contribution in [2.45, 2.75) is 11.8 Å². The second-order valence-electron chi connectivity index (χ2n) is 8.80. The normalized spacial score (nSPS) is 14.9. The molecule has 3 aromatic heterocycles. The summed E-state index contributed by atoms with van der Waals surface area (Å²) >= 11 is 0. The Morgan fingerprint density at radius 2 is 1.81 bits per heavy atom. The minimum atomic E-state index is -1.96. The summed E-state index contributed by atoms with van der Waals surface area (Å²) in [5.74, 6) is -3.09. The van der Waals surface area contributed by atoms with E-state index in [-0.39, 0.29) is 34.5 Å². The van der Waals surface area contributed by atoms with Crippen molar-refractivity contribution >= 4 is 51.7 Å². The van der Waals surface area contributed by atoms with Gasteiger partial charge in [-0.05, 0) is 18.2 Å². The lowest BCUT2D eigenvalue weighted by Gasteiger charge is -2.36. The zero-order chi connectivity index (χ0) is 26.5. The highest BCUT2D eigenvalue weighted by Crippen LogP contribution is 2.24. The number of aromatic nitrogens is 4. The highest BCUT2D eigenvalue weighted by molar-refractivity contribution is 6.60. The number of hydrogen-bond donors (Lipinski definition) is 2. The summed E-state index contributed by atoms with van der Waals surface area (Å²) in [7, 11) is 16.0. The first-order chi connectivity index (χ1) is 17.5. The van der Waals surface area contributed by atoms with E-state index in [2.05, 4.69) is 20.4 Å². The quantitative estimate of drug-likeness (QED) is 0.299. The molecule has 1 aliphatic rings. The van der Waals surface area contributed by atoms with Gasteiger partial charge in [0.2, 0.25) is 5.95 Å². The van der Waals surface area contributed by atoms with Gasteiger partial charge in [0.1, 0.15) is 11.2 Å². The highest BCUT2D eigenvalue weighted by Gasteiger charge is 2.24. The van der Waals surface area contributed by atoms with E-state index in [0.29, 0.717) is 31.7 Å². The Labute approximate surface area is 212 Å². The Bertz CT molecular complexity index is 1580. The molecule has 0 saturated carbocycles. The van der Waals surface area contributed by atoms with Gasteiger partial charge < -0.3 is 15.2 Å². The molecule has 0 aliphatic carbocycles. The Morgan fingerprint density at radius 3 is 2.49 bits per heavy atom. The maximum atomic E-state index is 15.3. The van der Waals surface area contributed by atoms with E-state index in [9.17, 15) is 18.4 Å². The Kier molecular flexibility index (Phi) is 6.26. The van der Waals surface area contributed by atoms with Crippen LogP contribution in [0.2, 0.25) is 0 Å². The molecule has 6 radical (unpaired) electrons. The lowest BCUT2D eigenvalue weighted by Crippen LogP contribution is -2.50. The third-order valence-corrected chi connectivity index (χ3v) is 6.10. The number of halogens is 3. The number of pyridine rings is 1. The third kappa shape index (κ3) is 4.82. The minimum Gasteiger partial charge on any atom is -0.371 e. The van der Waals surface area contributed by atoms with Crippen LogP contribution >= 0.6 is 0 Å². The molecule has 1 saturated heterocycles. The number of H-pyrrole nitrogens is 1. The van der Waals surface area contributed by atoms with Crippen LogP contribution in [0.15, 0.2) is 35.3 Å². The fraction of sp³-hybridized carbons (Fsp3) is 0.273. The number of fused-ring (bicyclic) bond motifs is 3. The summed E-state index contributed by atoms with van der Waals surface area (Å²) in [6.07, 6.45) is 0.904. The molecule has 0 unspecified atom stereocenters. The number of amides is 1. The first-order valence-corrected chi connectivity index (χ1v) is 11.2. The van der Waals surface area contributed by atoms with Gasteiger partial charge in [0.15, 0.2) is 17.2 Å². The van der Waals surface area contributed by atoms with Gasteiger partial charge in [-0.2, -0.15) is 9.49 Å². The maximum absolute atomic E-state index is 15.3. The average molecular weight is 501 g/mol. The van der Waals surface area contributed by atoms with Crippen molar-refractivity contribution < 1.29 is 18.0 Å². The predicted molar refractivity (Wildman–Crippen MR) is 132 cm³/mol. The fourth-order valence-electron chi connectivity index (χ4n) is 4.35. The first kappa shape index (κ1) is 24.9. The van der Waals surface area contributed by atoms with Crippen LogP contribution in [-0.2, 0) is 6.54 Å². The molecule has 1 aromatic carbocycles. The first-order valence-electron chi connectivity index (χ1n) is 11.2. The van der Waals surface area contributed by atoms with E-state index in [4.69, 9.17) is 23.5 Å². The van der Waals surface area contributed by atoms with E-state index < -0.39 is 34.3 Å². The van der Waals surface area contributed by atoms with Gasteiger partial charge in [0.25, 0.3) is 11.5 Å². The van der Waals surface area contributed by atoms with Gasteiger partial charge in [-0.1, -0.05) is 11.3 Å². The Morgan fingerprint density at radius 1 is 1.08 bits per heavy atom. The summed E-state index contributed by atoms with van der Waals surface area (Å²) in [5.41, 5.74) is -0.573.